The van der Waals surface area contributed by atoms with Crippen molar-refractivity contribution in [2.75, 3.05) is 33.6 Å². The zero-order chi connectivity index (χ0) is 25.3. The highest BCUT2D eigenvalue weighted by Gasteiger charge is 2.27. The van der Waals surface area contributed by atoms with Gasteiger partial charge in [0.25, 0.3) is 11.5 Å². The monoisotopic (exact) mass is 471 g/mol. The number of ether oxygens (including phenoxy) is 3. The number of fused-ring (bicyclic) bond motifs is 1. The third-order valence-corrected chi connectivity index (χ3v) is 5.47. The lowest BCUT2D eigenvalue weighted by atomic mass is 9.95. The Hall–Kier alpha value is -4.02. The van der Waals surface area contributed by atoms with Gasteiger partial charge in [-0.1, -0.05) is 13.8 Å². The lowest BCUT2D eigenvalue weighted by Crippen LogP contribution is -2.38. The van der Waals surface area contributed by atoms with Crippen LogP contribution in [0.3, 0.4) is 0 Å². The highest BCUT2D eigenvalue weighted by molar-refractivity contribution is 6.11. The van der Waals surface area contributed by atoms with Gasteiger partial charge in [0.1, 0.15) is 5.82 Å². The third-order valence-electron chi connectivity index (χ3n) is 5.47. The fourth-order valence-corrected chi connectivity index (χ4v) is 3.74. The number of aryl methyl sites for hydroxylation is 1. The van der Waals surface area contributed by atoms with Crippen LogP contribution in [0.25, 0.3) is 22.2 Å². The molecule has 0 bridgehead atoms. The molecule has 0 aliphatic carbocycles. The summed E-state index contributed by atoms with van der Waals surface area (Å²) in [6.45, 7) is 4.29. The number of nitrogens with one attached hydrogen (secondary N) is 1. The summed E-state index contributed by atoms with van der Waals surface area (Å²) >= 11 is 0. The Kier molecular flexibility index (Phi) is 6.85. The van der Waals surface area contributed by atoms with E-state index in [4.69, 9.17) is 19.9 Å². The van der Waals surface area contributed by atoms with Gasteiger partial charge in [0.15, 0.2) is 17.1 Å². The predicted octanol–water partition coefficient (Wildman–Crippen LogP) is 1.29. The van der Waals surface area contributed by atoms with Gasteiger partial charge in [0.05, 0.1) is 32.3 Å². The fraction of sp³-hybridized carbons (Fsp3) is 0.391. The molecule has 3 N–H and O–H groups in total. The quantitative estimate of drug-likeness (QED) is 0.525. The van der Waals surface area contributed by atoms with Crippen LogP contribution < -0.4 is 36.5 Å². The minimum Gasteiger partial charge on any atom is -0.493 e. The maximum atomic E-state index is 13.3. The highest BCUT2D eigenvalue weighted by Crippen LogP contribution is 2.43. The van der Waals surface area contributed by atoms with Crippen LogP contribution in [0.1, 0.15) is 24.2 Å². The molecule has 3 aromatic rings. The smallest absolute Gasteiger partial charge is 0.332 e. The summed E-state index contributed by atoms with van der Waals surface area (Å²) in [6, 6.07) is 3.22. The first-order chi connectivity index (χ1) is 16.1. The van der Waals surface area contributed by atoms with Crippen LogP contribution >= 0.6 is 0 Å². The first kappa shape index (κ1) is 24.6. The second kappa shape index (κ2) is 9.46. The van der Waals surface area contributed by atoms with Crippen molar-refractivity contribution in [3.05, 3.63) is 38.5 Å². The normalized spacial score (nSPS) is 11.1. The van der Waals surface area contributed by atoms with Crippen LogP contribution in [0.5, 0.6) is 17.2 Å². The molecule has 2 aromatic heterocycles. The van der Waals surface area contributed by atoms with E-state index < -0.39 is 17.2 Å². The molecular weight excluding hydrogens is 442 g/mol. The number of aromatic nitrogens is 3. The maximum Gasteiger partial charge on any atom is 0.332 e. The van der Waals surface area contributed by atoms with Crippen LogP contribution in [-0.2, 0) is 14.1 Å². The second-order valence-corrected chi connectivity index (χ2v) is 8.17. The van der Waals surface area contributed by atoms with Gasteiger partial charge in [-0.05, 0) is 23.6 Å². The van der Waals surface area contributed by atoms with E-state index in [0.29, 0.717) is 29.4 Å². The average molecular weight is 472 g/mol. The van der Waals surface area contributed by atoms with E-state index in [1.165, 1.54) is 40.0 Å². The van der Waals surface area contributed by atoms with Crippen LogP contribution in [0, 0.1) is 5.92 Å². The molecular formula is C23H29N5O6. The van der Waals surface area contributed by atoms with Gasteiger partial charge in [0, 0.05) is 26.2 Å². The number of amides is 1. The molecule has 0 aliphatic heterocycles. The van der Waals surface area contributed by atoms with E-state index in [0.717, 1.165) is 4.57 Å². The number of carbonyl (C=O) groups excluding carboxylic acids is 1. The molecule has 2 heterocycles. The van der Waals surface area contributed by atoms with E-state index in [9.17, 15) is 14.4 Å². The number of anilines is 1. The van der Waals surface area contributed by atoms with Crippen molar-refractivity contribution in [2.24, 2.45) is 20.0 Å². The molecule has 0 radical (unpaired) electrons. The fourth-order valence-electron chi connectivity index (χ4n) is 3.74. The number of nitrogens with zero attached hydrogens (tertiary/aromatic N) is 3. The topological polar surface area (TPSA) is 140 Å². The van der Waals surface area contributed by atoms with Crippen molar-refractivity contribution in [3.63, 3.8) is 0 Å². The Balaban J connectivity index is 2.55. The lowest BCUT2D eigenvalue weighted by Gasteiger charge is -2.19. The number of nitrogen functional groups attached to an aromatic ring is 1. The van der Waals surface area contributed by atoms with Gasteiger partial charge in [-0.3, -0.25) is 18.7 Å². The summed E-state index contributed by atoms with van der Waals surface area (Å²) in [4.78, 5) is 43.4. The van der Waals surface area contributed by atoms with Crippen LogP contribution in [0.2, 0.25) is 0 Å². The van der Waals surface area contributed by atoms with E-state index in [1.54, 1.807) is 12.1 Å². The van der Waals surface area contributed by atoms with Crippen molar-refractivity contribution < 1.29 is 19.0 Å². The Morgan fingerprint density at radius 1 is 1.06 bits per heavy atom. The van der Waals surface area contributed by atoms with Crippen molar-refractivity contribution in [1.29, 1.82) is 0 Å². The first-order valence-electron chi connectivity index (χ1n) is 10.5. The van der Waals surface area contributed by atoms with Gasteiger partial charge in [0.2, 0.25) is 5.75 Å². The third kappa shape index (κ3) is 4.04. The Morgan fingerprint density at radius 3 is 2.15 bits per heavy atom. The van der Waals surface area contributed by atoms with Gasteiger partial charge < -0.3 is 25.3 Å². The molecule has 1 aromatic carbocycles. The number of pyridine rings is 1. The Labute approximate surface area is 196 Å². The summed E-state index contributed by atoms with van der Waals surface area (Å²) in [7, 11) is 7.22. The van der Waals surface area contributed by atoms with E-state index in [2.05, 4.69) is 10.3 Å². The molecule has 11 nitrogen and oxygen atoms in total. The van der Waals surface area contributed by atoms with Gasteiger partial charge in [-0.15, -0.1) is 0 Å². The summed E-state index contributed by atoms with van der Waals surface area (Å²) in [5.74, 6) is 0.523. The minimum atomic E-state index is -0.618. The number of methoxy groups -OCH3 is 3. The van der Waals surface area contributed by atoms with Crippen LogP contribution in [-0.4, -0.2) is 47.9 Å². The molecule has 0 saturated carbocycles. The molecule has 1 amide bonds. The Bertz CT molecular complexity index is 1360. The summed E-state index contributed by atoms with van der Waals surface area (Å²) in [5, 5.41) is 2.89. The number of carbonyl (C=O) groups is 1. The molecule has 0 fully saturated rings. The largest absolute Gasteiger partial charge is 0.493 e. The summed E-state index contributed by atoms with van der Waals surface area (Å²) in [5.41, 5.74) is 5.74. The van der Waals surface area contributed by atoms with Gasteiger partial charge in [-0.2, -0.15) is 0 Å². The number of benzene rings is 1. The molecule has 0 spiro atoms. The summed E-state index contributed by atoms with van der Waals surface area (Å²) < 4.78 is 18.5. The zero-order valence-corrected chi connectivity index (χ0v) is 20.3. The number of hydrogen-bond acceptors (Lipinski definition) is 8. The Morgan fingerprint density at radius 2 is 1.65 bits per heavy atom. The van der Waals surface area contributed by atoms with E-state index >= 15 is 0 Å². The van der Waals surface area contributed by atoms with Crippen molar-refractivity contribution in [2.45, 2.75) is 13.8 Å². The highest BCUT2D eigenvalue weighted by atomic mass is 16.5. The van der Waals surface area contributed by atoms with Crippen molar-refractivity contribution in [1.82, 2.24) is 19.4 Å². The maximum absolute atomic E-state index is 13.3. The van der Waals surface area contributed by atoms with Crippen molar-refractivity contribution >= 4 is 22.8 Å². The molecule has 182 valence electrons. The molecule has 0 saturated heterocycles. The summed E-state index contributed by atoms with van der Waals surface area (Å²) in [6.07, 6.45) is 0. The average Bonchev–Trinajstić information content (AvgIpc) is 2.82. The van der Waals surface area contributed by atoms with Gasteiger partial charge >= 0.3 is 5.69 Å². The van der Waals surface area contributed by atoms with E-state index in [-0.39, 0.29) is 33.9 Å². The zero-order valence-electron chi connectivity index (χ0n) is 20.3. The van der Waals surface area contributed by atoms with E-state index in [1.807, 2.05) is 13.8 Å². The molecule has 0 aliphatic rings. The molecule has 34 heavy (non-hydrogen) atoms. The lowest BCUT2D eigenvalue weighted by molar-refractivity contribution is 0.0950. The number of hydrogen-bond donors (Lipinski definition) is 2. The molecule has 0 unspecified atom stereocenters. The van der Waals surface area contributed by atoms with Crippen LogP contribution in [0.15, 0.2) is 21.7 Å². The minimum absolute atomic E-state index is 0.0122. The van der Waals surface area contributed by atoms with Crippen LogP contribution in [0.4, 0.5) is 5.82 Å². The second-order valence-electron chi connectivity index (χ2n) is 8.17. The number of nitrogens with two attached hydrogens (primary N) is 1. The van der Waals surface area contributed by atoms with Crippen molar-refractivity contribution in [3.8, 4) is 28.4 Å². The first-order valence-corrected chi connectivity index (χ1v) is 10.5. The standard InChI is InChI=1S/C23H29N5O6/c1-11(2)10-25-21(29)16-15(12-8-13(32-5)18(34-7)14(9-12)33-6)17-20(26-19(16)24)27(3)23(31)28(4)22(17)30/h8-9,11H,10H2,1-7H3,(H2,24,26)(H,25,29). The SMILES string of the molecule is COc1cc(-c2c(C(=O)NCC(C)C)c(N)nc3c2c(=O)n(C)c(=O)n3C)cc(OC)c1OC. The predicted molar refractivity (Wildman–Crippen MR) is 129 cm³/mol. The molecule has 11 heteroatoms. The van der Waals surface area contributed by atoms with Gasteiger partial charge in [-0.25, -0.2) is 9.78 Å². The molecule has 0 atom stereocenters. The molecule has 3 rings (SSSR count). The number of rotatable bonds is 7.